The van der Waals surface area contributed by atoms with Crippen LogP contribution in [0.4, 0.5) is 0 Å². The van der Waals surface area contributed by atoms with Crippen molar-refractivity contribution in [2.45, 2.75) is 25.8 Å². The molecule has 1 aliphatic heterocycles. The number of fused-ring (bicyclic) bond motifs is 1. The summed E-state index contributed by atoms with van der Waals surface area (Å²) in [7, 11) is 0. The van der Waals surface area contributed by atoms with Gasteiger partial charge in [0, 0.05) is 43.8 Å². The Balaban J connectivity index is 1.51. The lowest BCUT2D eigenvalue weighted by molar-refractivity contribution is -0.134. The number of carbonyl (C=O) groups is 2. The van der Waals surface area contributed by atoms with Gasteiger partial charge in [0.15, 0.2) is 0 Å². The molecular formula is C25H29N3O2S. The minimum atomic E-state index is -0.342. The van der Waals surface area contributed by atoms with E-state index < -0.39 is 0 Å². The van der Waals surface area contributed by atoms with E-state index in [1.54, 1.807) is 11.3 Å². The smallest absolute Gasteiger partial charge is 0.242 e. The number of carbonyl (C=O) groups excluding carboxylic acids is 2. The molecule has 5 nitrogen and oxygen atoms in total. The van der Waals surface area contributed by atoms with Gasteiger partial charge < -0.3 is 10.2 Å². The van der Waals surface area contributed by atoms with Gasteiger partial charge in [-0.3, -0.25) is 14.5 Å². The third kappa shape index (κ3) is 4.97. The summed E-state index contributed by atoms with van der Waals surface area (Å²) in [4.78, 5) is 29.6. The Labute approximate surface area is 187 Å². The van der Waals surface area contributed by atoms with Gasteiger partial charge in [0.25, 0.3) is 0 Å². The van der Waals surface area contributed by atoms with Crippen molar-refractivity contribution in [1.82, 2.24) is 15.1 Å². The van der Waals surface area contributed by atoms with Crippen LogP contribution in [0.15, 0.2) is 60.0 Å². The molecule has 31 heavy (non-hydrogen) atoms. The van der Waals surface area contributed by atoms with Crippen LogP contribution in [0.5, 0.6) is 0 Å². The van der Waals surface area contributed by atoms with Gasteiger partial charge in [-0.05, 0) is 34.4 Å². The maximum atomic E-state index is 13.4. The van der Waals surface area contributed by atoms with Crippen molar-refractivity contribution < 1.29 is 9.59 Å². The molecule has 6 heteroatoms. The van der Waals surface area contributed by atoms with Gasteiger partial charge >= 0.3 is 0 Å². The molecule has 3 aromatic rings. The zero-order valence-electron chi connectivity index (χ0n) is 17.9. The quantitative estimate of drug-likeness (QED) is 0.613. The Morgan fingerprint density at radius 3 is 2.45 bits per heavy atom. The standard InChI is InChI=1S/C25H29N3O2S/c1-2-23(29)27-14-16-28(17-15-27)24(21-18-31-22-11-7-6-10-20(21)22)25(30)26-13-12-19-8-4-3-5-9-19/h3-11,18,24H,2,12-17H2,1H3,(H,26,30). The number of rotatable bonds is 7. The first-order valence-electron chi connectivity index (χ1n) is 11.0. The van der Waals surface area contributed by atoms with Gasteiger partial charge in [0.2, 0.25) is 11.8 Å². The number of thiophene rings is 1. The Hall–Kier alpha value is -2.70. The molecule has 1 N–H and O–H groups in total. The van der Waals surface area contributed by atoms with Crippen molar-refractivity contribution in [1.29, 1.82) is 0 Å². The Morgan fingerprint density at radius 1 is 1.00 bits per heavy atom. The molecule has 0 spiro atoms. The van der Waals surface area contributed by atoms with Crippen LogP contribution in [0.2, 0.25) is 0 Å². The van der Waals surface area contributed by atoms with Crippen molar-refractivity contribution in [3.63, 3.8) is 0 Å². The van der Waals surface area contributed by atoms with Crippen molar-refractivity contribution in [3.8, 4) is 0 Å². The van der Waals surface area contributed by atoms with Crippen LogP contribution in [0.1, 0.15) is 30.5 Å². The van der Waals surface area contributed by atoms with Crippen LogP contribution in [-0.2, 0) is 16.0 Å². The molecule has 2 aromatic carbocycles. The fraction of sp³-hybridized carbons (Fsp3) is 0.360. The highest BCUT2D eigenvalue weighted by Crippen LogP contribution is 2.34. The molecule has 1 atom stereocenters. The summed E-state index contributed by atoms with van der Waals surface area (Å²) < 4.78 is 1.19. The van der Waals surface area contributed by atoms with E-state index in [0.717, 1.165) is 17.4 Å². The van der Waals surface area contributed by atoms with Crippen LogP contribution < -0.4 is 5.32 Å². The molecule has 2 amide bonds. The molecule has 2 heterocycles. The lowest BCUT2D eigenvalue weighted by Crippen LogP contribution is -2.52. The summed E-state index contributed by atoms with van der Waals surface area (Å²) >= 11 is 1.68. The van der Waals surface area contributed by atoms with Crippen LogP contribution in [-0.4, -0.2) is 54.3 Å². The first-order chi connectivity index (χ1) is 15.2. The maximum Gasteiger partial charge on any atom is 0.242 e. The van der Waals surface area contributed by atoms with Gasteiger partial charge in [-0.15, -0.1) is 11.3 Å². The Kier molecular flexibility index (Phi) is 6.99. The third-order valence-corrected chi connectivity index (χ3v) is 6.93. The van der Waals surface area contributed by atoms with Gasteiger partial charge in [-0.25, -0.2) is 0 Å². The second-order valence-electron chi connectivity index (χ2n) is 7.89. The zero-order valence-corrected chi connectivity index (χ0v) is 18.7. The molecule has 1 fully saturated rings. The van der Waals surface area contributed by atoms with E-state index >= 15 is 0 Å². The SMILES string of the molecule is CCC(=O)N1CCN(C(C(=O)NCCc2ccccc2)c2csc3ccccc23)CC1. The van der Waals surface area contributed by atoms with E-state index in [1.165, 1.54) is 10.3 Å². The van der Waals surface area contributed by atoms with Crippen molar-refractivity contribution in [2.24, 2.45) is 0 Å². The maximum absolute atomic E-state index is 13.4. The van der Waals surface area contributed by atoms with E-state index in [-0.39, 0.29) is 17.9 Å². The van der Waals surface area contributed by atoms with Gasteiger partial charge in [0.1, 0.15) is 6.04 Å². The number of nitrogens with zero attached hydrogens (tertiary/aromatic N) is 2. The predicted octanol–water partition coefficient (Wildman–Crippen LogP) is 3.86. The minimum absolute atomic E-state index is 0.0368. The predicted molar refractivity (Wildman–Crippen MR) is 126 cm³/mol. The highest BCUT2D eigenvalue weighted by Gasteiger charge is 2.32. The molecule has 4 rings (SSSR count). The number of hydrogen-bond donors (Lipinski definition) is 1. The summed E-state index contributed by atoms with van der Waals surface area (Å²) in [6.07, 6.45) is 1.33. The third-order valence-electron chi connectivity index (χ3n) is 5.94. The summed E-state index contributed by atoms with van der Waals surface area (Å²) in [5.74, 6) is 0.222. The Bertz CT molecular complexity index is 1030. The molecule has 0 bridgehead atoms. The lowest BCUT2D eigenvalue weighted by Gasteiger charge is -2.38. The molecule has 0 aliphatic carbocycles. The van der Waals surface area contributed by atoms with Crippen LogP contribution >= 0.6 is 11.3 Å². The lowest BCUT2D eigenvalue weighted by atomic mass is 10.0. The van der Waals surface area contributed by atoms with Crippen LogP contribution in [0.3, 0.4) is 0 Å². The fourth-order valence-corrected chi connectivity index (χ4v) is 5.22. The topological polar surface area (TPSA) is 52.7 Å². The van der Waals surface area contributed by atoms with Crippen molar-refractivity contribution in [3.05, 3.63) is 71.1 Å². The highest BCUT2D eigenvalue weighted by atomic mass is 32.1. The highest BCUT2D eigenvalue weighted by molar-refractivity contribution is 7.17. The molecule has 1 unspecified atom stereocenters. The second-order valence-corrected chi connectivity index (χ2v) is 8.80. The summed E-state index contributed by atoms with van der Waals surface area (Å²) in [6, 6.07) is 18.1. The van der Waals surface area contributed by atoms with Crippen LogP contribution in [0.25, 0.3) is 10.1 Å². The van der Waals surface area contributed by atoms with Crippen molar-refractivity contribution >= 4 is 33.2 Å². The number of nitrogens with one attached hydrogen (secondary N) is 1. The molecule has 0 radical (unpaired) electrons. The monoisotopic (exact) mass is 435 g/mol. The summed E-state index contributed by atoms with van der Waals surface area (Å²) in [6.45, 7) is 5.25. The number of benzene rings is 2. The normalized spacial score (nSPS) is 15.7. The first-order valence-corrected chi connectivity index (χ1v) is 11.8. The van der Waals surface area contributed by atoms with Gasteiger partial charge in [-0.2, -0.15) is 0 Å². The largest absolute Gasteiger partial charge is 0.354 e. The zero-order chi connectivity index (χ0) is 21.6. The number of piperazine rings is 1. The van der Waals surface area contributed by atoms with Crippen molar-refractivity contribution in [2.75, 3.05) is 32.7 Å². The van der Waals surface area contributed by atoms with E-state index in [4.69, 9.17) is 0 Å². The van der Waals surface area contributed by atoms with E-state index in [0.29, 0.717) is 39.1 Å². The Morgan fingerprint density at radius 2 is 1.71 bits per heavy atom. The number of amides is 2. The molecule has 1 aliphatic rings. The van der Waals surface area contributed by atoms with Gasteiger partial charge in [0.05, 0.1) is 0 Å². The minimum Gasteiger partial charge on any atom is -0.354 e. The molecule has 0 saturated carbocycles. The molecule has 1 saturated heterocycles. The van der Waals surface area contributed by atoms with E-state index in [1.807, 2.05) is 42.2 Å². The summed E-state index contributed by atoms with van der Waals surface area (Å²) in [5, 5.41) is 6.43. The summed E-state index contributed by atoms with van der Waals surface area (Å²) in [5.41, 5.74) is 2.28. The second kappa shape index (κ2) is 10.1. The van der Waals surface area contributed by atoms with E-state index in [9.17, 15) is 9.59 Å². The van der Waals surface area contributed by atoms with Gasteiger partial charge in [-0.1, -0.05) is 55.5 Å². The fourth-order valence-electron chi connectivity index (χ4n) is 4.24. The molecule has 162 valence electrons. The average molecular weight is 436 g/mol. The molecule has 1 aromatic heterocycles. The molecular weight excluding hydrogens is 406 g/mol. The van der Waals surface area contributed by atoms with Crippen LogP contribution in [0, 0.1) is 0 Å². The first kappa shape index (κ1) is 21.5. The van der Waals surface area contributed by atoms with E-state index in [2.05, 4.69) is 39.9 Å². The number of hydrogen-bond acceptors (Lipinski definition) is 4. The average Bonchev–Trinajstić information content (AvgIpc) is 3.24.